The summed E-state index contributed by atoms with van der Waals surface area (Å²) in [6, 6.07) is 0. The van der Waals surface area contributed by atoms with Crippen molar-refractivity contribution in [3.8, 4) is 0 Å². The third-order valence-corrected chi connectivity index (χ3v) is 10.1. The van der Waals surface area contributed by atoms with E-state index in [9.17, 15) is 4.79 Å². The number of carbonyl (C=O) groups excluding carboxylic acids is 1. The van der Waals surface area contributed by atoms with Gasteiger partial charge in [-0.3, -0.25) is 9.69 Å². The summed E-state index contributed by atoms with van der Waals surface area (Å²) in [4.78, 5) is 14.6. The first-order valence-electron chi connectivity index (χ1n) is 12.4. The zero-order valence-electron chi connectivity index (χ0n) is 19.3. The Bertz CT molecular complexity index is 672. The highest BCUT2D eigenvalue weighted by Crippen LogP contribution is 2.65. The van der Waals surface area contributed by atoms with Crippen LogP contribution >= 0.6 is 11.6 Å². The molecule has 2 nitrogen and oxygen atoms in total. The van der Waals surface area contributed by atoms with E-state index in [0.29, 0.717) is 28.8 Å². The molecule has 4 rings (SSSR count). The van der Waals surface area contributed by atoms with Gasteiger partial charge in [0.25, 0.3) is 0 Å². The average molecular weight is 420 g/mol. The topological polar surface area (TPSA) is 20.3 Å². The molecular formula is C26H42ClNO. The van der Waals surface area contributed by atoms with Crippen LogP contribution in [0.4, 0.5) is 0 Å². The summed E-state index contributed by atoms with van der Waals surface area (Å²) in [5.41, 5.74) is 0.418. The van der Waals surface area contributed by atoms with Gasteiger partial charge in [-0.2, -0.15) is 0 Å². The predicted molar refractivity (Wildman–Crippen MR) is 121 cm³/mol. The van der Waals surface area contributed by atoms with Crippen LogP contribution in [0.15, 0.2) is 11.2 Å². The van der Waals surface area contributed by atoms with Gasteiger partial charge in [0.05, 0.1) is 0 Å². The van der Waals surface area contributed by atoms with Gasteiger partial charge in [-0.25, -0.2) is 0 Å². The zero-order chi connectivity index (χ0) is 21.0. The summed E-state index contributed by atoms with van der Waals surface area (Å²) in [6.45, 7) is 12.2. The molecule has 7 atom stereocenters. The summed E-state index contributed by atoms with van der Waals surface area (Å²) in [6.07, 6.45) is 14.5. The van der Waals surface area contributed by atoms with E-state index in [0.717, 1.165) is 36.5 Å². The van der Waals surface area contributed by atoms with Gasteiger partial charge in [-0.05, 0) is 92.4 Å². The highest BCUT2D eigenvalue weighted by Gasteiger charge is 2.60. The second-order valence-corrected chi connectivity index (χ2v) is 12.1. The number of hydrogen-bond acceptors (Lipinski definition) is 1. The van der Waals surface area contributed by atoms with Crippen LogP contribution < -0.4 is 0 Å². The minimum Gasteiger partial charge on any atom is -0.297 e. The highest BCUT2D eigenvalue weighted by molar-refractivity contribution is 6.30. The van der Waals surface area contributed by atoms with Crippen LogP contribution in [-0.4, -0.2) is 16.3 Å². The van der Waals surface area contributed by atoms with E-state index in [-0.39, 0.29) is 11.4 Å². The lowest BCUT2D eigenvalue weighted by atomic mass is 9.53. The van der Waals surface area contributed by atoms with E-state index >= 15 is 0 Å². The molecule has 29 heavy (non-hydrogen) atoms. The molecule has 0 spiro atoms. The maximum Gasteiger partial charge on any atom is 0.228 e. The van der Waals surface area contributed by atoms with E-state index in [2.05, 4.69) is 40.7 Å². The van der Waals surface area contributed by atoms with Crippen molar-refractivity contribution < 1.29 is 4.79 Å². The van der Waals surface area contributed by atoms with Gasteiger partial charge in [0.15, 0.2) is 0 Å². The van der Waals surface area contributed by atoms with Crippen LogP contribution in [0.25, 0.3) is 0 Å². The molecule has 164 valence electrons. The van der Waals surface area contributed by atoms with Gasteiger partial charge in [0.2, 0.25) is 5.91 Å². The average Bonchev–Trinajstić information content (AvgIpc) is 3.12. The Labute approximate surface area is 183 Å². The summed E-state index contributed by atoms with van der Waals surface area (Å²) in [7, 11) is 0. The minimum absolute atomic E-state index is 0.0614. The molecule has 2 aliphatic heterocycles. The van der Waals surface area contributed by atoms with Crippen LogP contribution in [0.2, 0.25) is 0 Å². The van der Waals surface area contributed by atoms with Gasteiger partial charge in [0.1, 0.15) is 5.16 Å². The number of allylic oxidation sites excluding steroid dienone is 1. The Hall–Kier alpha value is -0.500. The lowest BCUT2D eigenvalue weighted by Crippen LogP contribution is -2.54. The second-order valence-electron chi connectivity index (χ2n) is 11.8. The minimum atomic E-state index is -0.0614. The number of hydrogen-bond donors (Lipinski definition) is 0. The van der Waals surface area contributed by atoms with Gasteiger partial charge in [0, 0.05) is 12.0 Å². The molecule has 1 saturated heterocycles. The van der Waals surface area contributed by atoms with Crippen LogP contribution in [0.1, 0.15) is 98.8 Å². The second kappa shape index (κ2) is 7.88. The van der Waals surface area contributed by atoms with Crippen LogP contribution in [0, 0.1) is 40.9 Å². The third kappa shape index (κ3) is 3.50. The summed E-state index contributed by atoms with van der Waals surface area (Å²) in [5, 5.41) is 0.711. The number of carbonyl (C=O) groups is 1. The largest absolute Gasteiger partial charge is 0.297 e. The van der Waals surface area contributed by atoms with Crippen LogP contribution in [-0.2, 0) is 4.79 Å². The SMILES string of the molecule is CC(C)CCC[C@@H](C)[C@H]1CC[C@H]2[C@@H]3CC=C(Cl)N4C(=O)CC[C@]4(C)[C@H]3CC[C@]12C. The molecule has 4 aliphatic rings. The Kier molecular flexibility index (Phi) is 5.90. The fourth-order valence-corrected chi connectivity index (χ4v) is 8.70. The maximum absolute atomic E-state index is 12.6. The number of nitrogens with zero attached hydrogens (tertiary/aromatic N) is 1. The Morgan fingerprint density at radius 1 is 1.10 bits per heavy atom. The zero-order valence-corrected chi connectivity index (χ0v) is 20.1. The molecule has 0 aromatic rings. The van der Waals surface area contributed by atoms with Crippen molar-refractivity contribution >= 4 is 17.5 Å². The lowest BCUT2D eigenvalue weighted by molar-refractivity contribution is -0.130. The molecule has 2 aliphatic carbocycles. The fraction of sp³-hybridized carbons (Fsp3) is 0.885. The quantitative estimate of drug-likeness (QED) is 0.426. The van der Waals surface area contributed by atoms with E-state index in [1.54, 1.807) is 0 Å². The third-order valence-electron chi connectivity index (χ3n) is 9.81. The molecule has 2 saturated carbocycles. The molecule has 0 unspecified atom stereocenters. The molecule has 3 heteroatoms. The number of amides is 1. The van der Waals surface area contributed by atoms with Gasteiger partial charge < -0.3 is 0 Å². The van der Waals surface area contributed by atoms with E-state index in [1.165, 1.54) is 44.9 Å². The van der Waals surface area contributed by atoms with Gasteiger partial charge in [-0.15, -0.1) is 0 Å². The predicted octanol–water partition coefficient (Wildman–Crippen LogP) is 7.37. The van der Waals surface area contributed by atoms with Crippen molar-refractivity contribution in [1.29, 1.82) is 0 Å². The van der Waals surface area contributed by atoms with Gasteiger partial charge in [-0.1, -0.05) is 58.6 Å². The van der Waals surface area contributed by atoms with E-state index in [4.69, 9.17) is 11.6 Å². The molecule has 1 amide bonds. The summed E-state index contributed by atoms with van der Waals surface area (Å²) < 4.78 is 0. The highest BCUT2D eigenvalue weighted by atomic mass is 35.5. The summed E-state index contributed by atoms with van der Waals surface area (Å²) >= 11 is 6.68. The van der Waals surface area contributed by atoms with Crippen molar-refractivity contribution in [1.82, 2.24) is 4.90 Å². The van der Waals surface area contributed by atoms with E-state index < -0.39 is 0 Å². The smallest absolute Gasteiger partial charge is 0.228 e. The van der Waals surface area contributed by atoms with Crippen molar-refractivity contribution in [2.24, 2.45) is 40.9 Å². The van der Waals surface area contributed by atoms with Crippen molar-refractivity contribution in [2.75, 3.05) is 0 Å². The molecule has 0 N–H and O–H groups in total. The van der Waals surface area contributed by atoms with Crippen LogP contribution in [0.5, 0.6) is 0 Å². The Morgan fingerprint density at radius 3 is 2.59 bits per heavy atom. The lowest BCUT2D eigenvalue weighted by Gasteiger charge is -2.54. The van der Waals surface area contributed by atoms with Gasteiger partial charge >= 0.3 is 0 Å². The Balaban J connectivity index is 1.54. The molecule has 0 aromatic heterocycles. The van der Waals surface area contributed by atoms with Crippen molar-refractivity contribution in [3.63, 3.8) is 0 Å². The molecule has 0 radical (unpaired) electrons. The fourth-order valence-electron chi connectivity index (χ4n) is 8.32. The molecule has 2 heterocycles. The normalized spacial score (nSPS) is 42.9. The monoisotopic (exact) mass is 419 g/mol. The molecule has 3 fully saturated rings. The summed E-state index contributed by atoms with van der Waals surface area (Å²) in [5.74, 6) is 4.87. The first-order valence-corrected chi connectivity index (χ1v) is 12.7. The maximum atomic E-state index is 12.6. The Morgan fingerprint density at radius 2 is 1.86 bits per heavy atom. The van der Waals surface area contributed by atoms with Crippen molar-refractivity contribution in [2.45, 2.75) is 104 Å². The van der Waals surface area contributed by atoms with Crippen molar-refractivity contribution in [3.05, 3.63) is 11.2 Å². The number of halogens is 1. The first kappa shape index (κ1) is 21.7. The number of fused-ring (bicyclic) bond motifs is 5. The molecular weight excluding hydrogens is 378 g/mol. The number of rotatable bonds is 5. The first-order chi connectivity index (χ1) is 13.7. The standard InChI is InChI=1S/C26H42ClNO/c1-17(2)7-6-8-18(3)20-10-11-21-19-9-12-23(27)28-24(29)14-16-26(28,5)22(19)13-15-25(20,21)4/h12,17-22H,6-11,13-16H2,1-5H3/t18-,19+,20-,21+,22+,25-,26-/m1/s1. The molecule has 0 bridgehead atoms. The van der Waals surface area contributed by atoms with Crippen LogP contribution in [0.3, 0.4) is 0 Å². The van der Waals surface area contributed by atoms with E-state index in [1.807, 2.05) is 4.90 Å². The molecule has 0 aromatic carbocycles.